The molecule has 0 aromatic heterocycles. The van der Waals surface area contributed by atoms with Crippen molar-refractivity contribution in [3.8, 4) is 0 Å². The molecule has 1 aliphatic carbocycles. The van der Waals surface area contributed by atoms with Gasteiger partial charge in [0.15, 0.2) is 0 Å². The highest BCUT2D eigenvalue weighted by Gasteiger charge is 2.31. The number of hydrogen-bond donors (Lipinski definition) is 0. The van der Waals surface area contributed by atoms with E-state index in [4.69, 9.17) is 11.6 Å². The fourth-order valence-electron chi connectivity index (χ4n) is 1.81. The minimum atomic E-state index is 0.222. The van der Waals surface area contributed by atoms with E-state index in [1.165, 1.54) is 11.8 Å². The molecule has 2 nitrogen and oxygen atoms in total. The molecule has 0 N–H and O–H groups in total. The molecular formula is C13H16ClNOS. The lowest BCUT2D eigenvalue weighted by molar-refractivity contribution is -0.128. The lowest BCUT2D eigenvalue weighted by Gasteiger charge is -2.20. The Bertz CT molecular complexity index is 406. The Balaban J connectivity index is 1.89. The van der Waals surface area contributed by atoms with Crippen LogP contribution in [0.25, 0.3) is 0 Å². The molecule has 0 heterocycles. The van der Waals surface area contributed by atoms with E-state index in [-0.39, 0.29) is 5.91 Å². The van der Waals surface area contributed by atoms with Gasteiger partial charge in [0.1, 0.15) is 0 Å². The quantitative estimate of drug-likeness (QED) is 0.763. The first-order chi connectivity index (χ1) is 8.22. The molecule has 1 aromatic carbocycles. The van der Waals surface area contributed by atoms with Gasteiger partial charge in [-0.05, 0) is 31.9 Å². The summed E-state index contributed by atoms with van der Waals surface area (Å²) in [6.07, 6.45) is 2.33. The maximum absolute atomic E-state index is 12.0. The van der Waals surface area contributed by atoms with Crippen molar-refractivity contribution in [1.82, 2.24) is 4.90 Å². The van der Waals surface area contributed by atoms with Crippen molar-refractivity contribution < 1.29 is 4.79 Å². The first kappa shape index (κ1) is 12.8. The van der Waals surface area contributed by atoms with Gasteiger partial charge in [-0.25, -0.2) is 0 Å². The second-order valence-electron chi connectivity index (χ2n) is 4.13. The maximum atomic E-state index is 12.0. The van der Waals surface area contributed by atoms with Gasteiger partial charge in [0.25, 0.3) is 0 Å². The smallest absolute Gasteiger partial charge is 0.233 e. The highest BCUT2D eigenvalue weighted by molar-refractivity contribution is 8.00. The number of nitrogens with zero attached hydrogens (tertiary/aromatic N) is 1. The van der Waals surface area contributed by atoms with Gasteiger partial charge in [0.05, 0.1) is 10.8 Å². The minimum Gasteiger partial charge on any atom is -0.339 e. The van der Waals surface area contributed by atoms with Gasteiger partial charge in [-0.3, -0.25) is 4.79 Å². The summed E-state index contributed by atoms with van der Waals surface area (Å²) in [7, 11) is 0. The summed E-state index contributed by atoms with van der Waals surface area (Å²) < 4.78 is 0. The first-order valence-corrected chi connectivity index (χ1v) is 7.25. The number of amides is 1. The second kappa shape index (κ2) is 5.78. The van der Waals surface area contributed by atoms with Gasteiger partial charge in [0.2, 0.25) is 5.91 Å². The Labute approximate surface area is 111 Å². The molecule has 0 atom stereocenters. The highest BCUT2D eigenvalue weighted by Crippen LogP contribution is 2.30. The number of carbonyl (C=O) groups is 1. The molecular weight excluding hydrogens is 254 g/mol. The van der Waals surface area contributed by atoms with E-state index in [1.807, 2.05) is 36.1 Å². The molecule has 92 valence electrons. The summed E-state index contributed by atoms with van der Waals surface area (Å²) in [5.74, 6) is 0.702. The van der Waals surface area contributed by atoms with Gasteiger partial charge < -0.3 is 4.90 Å². The van der Waals surface area contributed by atoms with Crippen LogP contribution in [0, 0.1) is 0 Å². The molecule has 0 saturated heterocycles. The minimum absolute atomic E-state index is 0.222. The van der Waals surface area contributed by atoms with Crippen molar-refractivity contribution in [2.24, 2.45) is 0 Å². The van der Waals surface area contributed by atoms with Gasteiger partial charge in [-0.1, -0.05) is 23.7 Å². The Hall–Kier alpha value is -0.670. The van der Waals surface area contributed by atoms with Gasteiger partial charge in [-0.2, -0.15) is 0 Å². The second-order valence-corrected chi connectivity index (χ2v) is 5.55. The van der Waals surface area contributed by atoms with Gasteiger partial charge >= 0.3 is 0 Å². The Morgan fingerprint density at radius 1 is 1.47 bits per heavy atom. The van der Waals surface area contributed by atoms with Crippen LogP contribution < -0.4 is 0 Å². The molecule has 1 amide bonds. The molecule has 1 saturated carbocycles. The fraction of sp³-hybridized carbons (Fsp3) is 0.462. The SMILES string of the molecule is CCN(C(=O)CSc1ccccc1Cl)C1CC1. The maximum Gasteiger partial charge on any atom is 0.233 e. The van der Waals surface area contributed by atoms with Gasteiger partial charge in [0, 0.05) is 17.5 Å². The van der Waals surface area contributed by atoms with Crippen LogP contribution in [0.1, 0.15) is 19.8 Å². The van der Waals surface area contributed by atoms with Crippen LogP contribution in [0.4, 0.5) is 0 Å². The van der Waals surface area contributed by atoms with E-state index >= 15 is 0 Å². The van der Waals surface area contributed by atoms with E-state index in [9.17, 15) is 4.79 Å². The molecule has 2 rings (SSSR count). The third-order valence-electron chi connectivity index (χ3n) is 2.84. The molecule has 1 aromatic rings. The molecule has 4 heteroatoms. The number of halogens is 1. The van der Waals surface area contributed by atoms with Crippen LogP contribution in [0.15, 0.2) is 29.2 Å². The number of rotatable bonds is 5. The lowest BCUT2D eigenvalue weighted by Crippen LogP contribution is -2.34. The standard InChI is InChI=1S/C13H16ClNOS/c1-2-15(10-7-8-10)13(16)9-17-12-6-4-3-5-11(12)14/h3-6,10H,2,7-9H2,1H3. The van der Waals surface area contributed by atoms with Crippen molar-refractivity contribution in [1.29, 1.82) is 0 Å². The zero-order valence-electron chi connectivity index (χ0n) is 9.86. The average molecular weight is 270 g/mol. The number of hydrogen-bond acceptors (Lipinski definition) is 2. The van der Waals surface area contributed by atoms with Crippen LogP contribution in [-0.2, 0) is 4.79 Å². The molecule has 0 spiro atoms. The Kier molecular flexibility index (Phi) is 4.35. The molecule has 0 unspecified atom stereocenters. The van der Waals surface area contributed by atoms with Crippen molar-refractivity contribution >= 4 is 29.3 Å². The molecule has 1 fully saturated rings. The van der Waals surface area contributed by atoms with E-state index < -0.39 is 0 Å². The van der Waals surface area contributed by atoms with E-state index in [0.717, 1.165) is 29.3 Å². The van der Waals surface area contributed by atoms with Crippen molar-refractivity contribution in [3.63, 3.8) is 0 Å². The van der Waals surface area contributed by atoms with Crippen LogP contribution in [0.5, 0.6) is 0 Å². The number of carbonyl (C=O) groups excluding carboxylic acids is 1. The predicted octanol–water partition coefficient (Wildman–Crippen LogP) is 3.44. The average Bonchev–Trinajstić information content (AvgIpc) is 3.13. The van der Waals surface area contributed by atoms with Crippen LogP contribution in [0.2, 0.25) is 5.02 Å². The summed E-state index contributed by atoms with van der Waals surface area (Å²) >= 11 is 7.57. The predicted molar refractivity (Wildman–Crippen MR) is 72.6 cm³/mol. The van der Waals surface area contributed by atoms with Gasteiger partial charge in [-0.15, -0.1) is 11.8 Å². The zero-order valence-corrected chi connectivity index (χ0v) is 11.4. The topological polar surface area (TPSA) is 20.3 Å². The van der Waals surface area contributed by atoms with Crippen molar-refractivity contribution in [2.45, 2.75) is 30.7 Å². The third kappa shape index (κ3) is 3.39. The van der Waals surface area contributed by atoms with Crippen molar-refractivity contribution in [3.05, 3.63) is 29.3 Å². The summed E-state index contributed by atoms with van der Waals surface area (Å²) in [5, 5.41) is 0.722. The van der Waals surface area contributed by atoms with E-state index in [2.05, 4.69) is 0 Å². The molecule has 1 aliphatic rings. The normalized spacial score (nSPS) is 14.7. The van der Waals surface area contributed by atoms with Crippen LogP contribution in [-0.4, -0.2) is 29.1 Å². The van der Waals surface area contributed by atoms with Crippen LogP contribution >= 0.6 is 23.4 Å². The van der Waals surface area contributed by atoms with E-state index in [1.54, 1.807) is 0 Å². The monoisotopic (exact) mass is 269 g/mol. The molecule has 0 aliphatic heterocycles. The zero-order chi connectivity index (χ0) is 12.3. The molecule has 17 heavy (non-hydrogen) atoms. The van der Waals surface area contributed by atoms with E-state index in [0.29, 0.717) is 11.8 Å². The summed E-state index contributed by atoms with van der Waals surface area (Å²) in [6, 6.07) is 8.15. The fourth-order valence-corrected chi connectivity index (χ4v) is 2.93. The largest absolute Gasteiger partial charge is 0.339 e. The lowest BCUT2D eigenvalue weighted by atomic mass is 10.4. The third-order valence-corrected chi connectivity index (χ3v) is 4.34. The Morgan fingerprint density at radius 3 is 2.76 bits per heavy atom. The van der Waals surface area contributed by atoms with Crippen LogP contribution in [0.3, 0.4) is 0 Å². The Morgan fingerprint density at radius 2 is 2.18 bits per heavy atom. The summed E-state index contributed by atoms with van der Waals surface area (Å²) in [4.78, 5) is 15.0. The highest BCUT2D eigenvalue weighted by atomic mass is 35.5. The number of benzene rings is 1. The summed E-state index contributed by atoms with van der Waals surface area (Å²) in [5.41, 5.74) is 0. The first-order valence-electron chi connectivity index (χ1n) is 5.89. The van der Waals surface area contributed by atoms with Crippen molar-refractivity contribution in [2.75, 3.05) is 12.3 Å². The summed E-state index contributed by atoms with van der Waals surface area (Å²) in [6.45, 7) is 2.85. The number of thioether (sulfide) groups is 1. The molecule has 0 radical (unpaired) electrons. The molecule has 0 bridgehead atoms.